The fourth-order valence-electron chi connectivity index (χ4n) is 6.73. The number of ether oxygens (including phenoxy) is 1. The van der Waals surface area contributed by atoms with E-state index in [1.165, 1.54) is 103 Å². The normalized spacial score (nSPS) is 14.0. The molecule has 0 bridgehead atoms. The number of nitrogens with one attached hydrogen (secondary N) is 1. The van der Waals surface area contributed by atoms with Crippen LogP contribution in [0.4, 0.5) is 0 Å². The van der Waals surface area contributed by atoms with E-state index in [-0.39, 0.29) is 12.8 Å². The van der Waals surface area contributed by atoms with Gasteiger partial charge in [0.05, 0.1) is 13.2 Å². The summed E-state index contributed by atoms with van der Waals surface area (Å²) in [5.41, 5.74) is 0. The van der Waals surface area contributed by atoms with Crippen molar-refractivity contribution in [3.8, 4) is 0 Å². The Morgan fingerprint density at radius 2 is 0.887 bits per heavy atom. The van der Waals surface area contributed by atoms with Crippen molar-refractivity contribution in [3.63, 3.8) is 0 Å². The number of carbonyl (C=O) groups excluding carboxylic acids is 2. The zero-order valence-electron chi connectivity index (χ0n) is 39.2. The molecule has 0 aliphatic heterocycles. The molecule has 0 aliphatic rings. The number of aliphatic hydroxyl groups is 1. The minimum absolute atomic E-state index is 0.135. The number of hydrogen-bond acceptors (Lipinski definition) is 8. The van der Waals surface area contributed by atoms with E-state index in [9.17, 15) is 34.1 Å². The van der Waals surface area contributed by atoms with Gasteiger partial charge < -0.3 is 25.2 Å². The lowest BCUT2D eigenvalue weighted by Crippen LogP contribution is -2.43. The number of phosphoric ester groups is 1. The van der Waals surface area contributed by atoms with E-state index >= 15 is 0 Å². The molecule has 0 aromatic carbocycles. The molecule has 1 amide bonds. The van der Waals surface area contributed by atoms with E-state index in [4.69, 9.17) is 13.8 Å². The lowest BCUT2D eigenvalue weighted by Gasteiger charge is -2.18. The summed E-state index contributed by atoms with van der Waals surface area (Å²) >= 11 is 0. The summed E-state index contributed by atoms with van der Waals surface area (Å²) in [5.74, 6) is -2.39. The Morgan fingerprint density at radius 1 is 0.516 bits per heavy atom. The number of carboxylic acid groups (broad SMARTS) is 1. The number of allylic oxidation sites excluding steroid dienone is 8. The first-order valence-corrected chi connectivity index (χ1v) is 26.2. The maximum Gasteiger partial charge on any atom is 0.472 e. The van der Waals surface area contributed by atoms with Gasteiger partial charge in [-0.1, -0.05) is 178 Å². The molecule has 4 N–H and O–H groups in total. The number of phosphoric acid groups is 1. The van der Waals surface area contributed by atoms with Crippen LogP contribution in [0.2, 0.25) is 0 Å². The van der Waals surface area contributed by atoms with Crippen LogP contribution in [0, 0.1) is 0 Å². The van der Waals surface area contributed by atoms with Gasteiger partial charge in [-0.05, 0) is 77.0 Å². The van der Waals surface area contributed by atoms with Crippen LogP contribution >= 0.6 is 7.82 Å². The molecule has 0 saturated heterocycles. The number of carboxylic acids is 1. The molecule has 11 nitrogen and oxygen atoms in total. The van der Waals surface area contributed by atoms with Gasteiger partial charge in [0.1, 0.15) is 12.7 Å². The number of aliphatic hydroxyl groups excluding tert-OH is 1. The summed E-state index contributed by atoms with van der Waals surface area (Å²) in [4.78, 5) is 46.0. The van der Waals surface area contributed by atoms with Gasteiger partial charge in [0.25, 0.3) is 0 Å². The Balaban J connectivity index is 3.84. The standard InChI is InChI=1S/C50H90NO10P/c1-3-5-7-9-11-13-15-17-19-20-21-22-23-24-25-26-28-30-32-34-36-38-40-42-49(54)59-43-46(52)44-60-62(57,58)61-45-47(50(55)56)51-48(53)41-39-37-35-33-31-29-27-18-16-14-12-10-8-6-4-2/h11,13,17-19,21-22,27,46-47,52H,3-10,12,14-16,20,23-26,28-45H2,1-2H3,(H,51,53)(H,55,56)(H,57,58)/b13-11-,19-17-,22-21-,27-18-. The number of unbranched alkanes of at least 4 members (excludes halogenated alkanes) is 24. The number of aliphatic carboxylic acids is 1. The second-order valence-electron chi connectivity index (χ2n) is 16.6. The molecule has 0 heterocycles. The maximum atomic E-state index is 12.3. The zero-order valence-corrected chi connectivity index (χ0v) is 40.1. The summed E-state index contributed by atoms with van der Waals surface area (Å²) in [6.07, 6.45) is 51.3. The average molecular weight is 896 g/mol. The second kappa shape index (κ2) is 45.0. The van der Waals surface area contributed by atoms with E-state index in [0.29, 0.717) is 12.8 Å². The molecule has 0 aliphatic carbocycles. The predicted molar refractivity (Wildman–Crippen MR) is 254 cm³/mol. The topological polar surface area (TPSA) is 169 Å². The summed E-state index contributed by atoms with van der Waals surface area (Å²) in [6, 6.07) is -1.55. The molecular weight excluding hydrogens is 806 g/mol. The average Bonchev–Trinajstić information content (AvgIpc) is 3.25. The van der Waals surface area contributed by atoms with E-state index < -0.39 is 57.6 Å². The van der Waals surface area contributed by atoms with Crippen LogP contribution in [0.5, 0.6) is 0 Å². The van der Waals surface area contributed by atoms with E-state index in [1.54, 1.807) is 0 Å². The lowest BCUT2D eigenvalue weighted by molar-refractivity contribution is -0.147. The van der Waals surface area contributed by atoms with Crippen molar-refractivity contribution in [3.05, 3.63) is 48.6 Å². The van der Waals surface area contributed by atoms with Crippen LogP contribution in [-0.4, -0.2) is 64.9 Å². The SMILES string of the molecule is CCCCC/C=C\C/C=C\C/C=C\CCCCCCCCCCCCC(=O)OCC(O)COP(=O)(O)OCC(NC(=O)CCCCCCC/C=C\CCCCCCCC)C(=O)O. The second-order valence-corrected chi connectivity index (χ2v) is 18.1. The quantitative estimate of drug-likeness (QED) is 0.0200. The lowest BCUT2D eigenvalue weighted by atomic mass is 10.1. The molecule has 12 heteroatoms. The Labute approximate surface area is 377 Å². The van der Waals surface area contributed by atoms with Crippen LogP contribution in [0.25, 0.3) is 0 Å². The van der Waals surface area contributed by atoms with Crippen LogP contribution in [0.3, 0.4) is 0 Å². The first kappa shape index (κ1) is 59.4. The van der Waals surface area contributed by atoms with Gasteiger partial charge >= 0.3 is 19.8 Å². The highest BCUT2D eigenvalue weighted by Gasteiger charge is 2.28. The van der Waals surface area contributed by atoms with Crippen molar-refractivity contribution in [2.75, 3.05) is 19.8 Å². The first-order chi connectivity index (χ1) is 30.1. The highest BCUT2D eigenvalue weighted by molar-refractivity contribution is 7.47. The third kappa shape index (κ3) is 44.1. The van der Waals surface area contributed by atoms with Gasteiger partial charge in [-0.15, -0.1) is 0 Å². The van der Waals surface area contributed by atoms with Crippen LogP contribution in [0.1, 0.15) is 219 Å². The highest BCUT2D eigenvalue weighted by Crippen LogP contribution is 2.43. The number of hydrogen-bond donors (Lipinski definition) is 4. The monoisotopic (exact) mass is 896 g/mol. The Hall–Kier alpha value is -2.56. The zero-order chi connectivity index (χ0) is 45.6. The minimum atomic E-state index is -4.76. The van der Waals surface area contributed by atoms with E-state index in [2.05, 4.69) is 67.8 Å². The molecule has 0 spiro atoms. The van der Waals surface area contributed by atoms with Crippen molar-refractivity contribution < 1.29 is 47.8 Å². The summed E-state index contributed by atoms with van der Waals surface area (Å²) < 4.78 is 26.9. The van der Waals surface area contributed by atoms with Gasteiger partial charge in [-0.3, -0.25) is 18.6 Å². The molecule has 0 radical (unpaired) electrons. The van der Waals surface area contributed by atoms with E-state index in [0.717, 1.165) is 77.0 Å². The van der Waals surface area contributed by atoms with Crippen molar-refractivity contribution in [2.45, 2.75) is 231 Å². The third-order valence-electron chi connectivity index (χ3n) is 10.6. The maximum absolute atomic E-state index is 12.3. The number of amides is 1. The minimum Gasteiger partial charge on any atom is -0.480 e. The predicted octanol–water partition coefficient (Wildman–Crippen LogP) is 13.3. The molecule has 3 unspecified atom stereocenters. The molecule has 360 valence electrons. The van der Waals surface area contributed by atoms with Gasteiger partial charge in [0, 0.05) is 12.8 Å². The number of rotatable bonds is 46. The number of carbonyl (C=O) groups is 3. The molecular formula is C50H90NO10P. The van der Waals surface area contributed by atoms with Crippen molar-refractivity contribution in [2.24, 2.45) is 0 Å². The molecule has 0 fully saturated rings. The van der Waals surface area contributed by atoms with Crippen molar-refractivity contribution >= 4 is 25.7 Å². The Morgan fingerprint density at radius 3 is 1.37 bits per heavy atom. The molecule has 3 atom stereocenters. The van der Waals surface area contributed by atoms with Crippen molar-refractivity contribution in [1.29, 1.82) is 0 Å². The number of esters is 1. The molecule has 0 aromatic rings. The van der Waals surface area contributed by atoms with Crippen LogP contribution < -0.4 is 5.32 Å². The molecule has 0 aromatic heterocycles. The summed E-state index contributed by atoms with van der Waals surface area (Å²) in [6.45, 7) is 2.56. The molecule has 62 heavy (non-hydrogen) atoms. The third-order valence-corrected chi connectivity index (χ3v) is 11.5. The molecule has 0 saturated carbocycles. The summed E-state index contributed by atoms with van der Waals surface area (Å²) in [7, 11) is -4.76. The fourth-order valence-corrected chi connectivity index (χ4v) is 7.50. The smallest absolute Gasteiger partial charge is 0.472 e. The van der Waals surface area contributed by atoms with Gasteiger partial charge in [0.2, 0.25) is 5.91 Å². The molecule has 0 rings (SSSR count). The van der Waals surface area contributed by atoms with Crippen LogP contribution in [-0.2, 0) is 32.7 Å². The van der Waals surface area contributed by atoms with Gasteiger partial charge in [-0.2, -0.15) is 0 Å². The van der Waals surface area contributed by atoms with E-state index in [1.807, 2.05) is 0 Å². The largest absolute Gasteiger partial charge is 0.480 e. The van der Waals surface area contributed by atoms with Crippen molar-refractivity contribution in [1.82, 2.24) is 5.32 Å². The fraction of sp³-hybridized carbons (Fsp3) is 0.780. The Kier molecular flexibility index (Phi) is 43.2. The highest BCUT2D eigenvalue weighted by atomic mass is 31.2. The van der Waals surface area contributed by atoms with Gasteiger partial charge in [-0.25, -0.2) is 9.36 Å². The Bertz CT molecular complexity index is 1240. The first-order valence-electron chi connectivity index (χ1n) is 24.7. The van der Waals surface area contributed by atoms with Gasteiger partial charge in [0.15, 0.2) is 6.04 Å². The summed E-state index contributed by atoms with van der Waals surface area (Å²) in [5, 5.41) is 21.9. The van der Waals surface area contributed by atoms with Crippen LogP contribution in [0.15, 0.2) is 48.6 Å².